The molecule has 1 unspecified atom stereocenters. The van der Waals surface area contributed by atoms with Crippen LogP contribution in [0.15, 0.2) is 18.2 Å². The molecular weight excluding hydrogens is 250 g/mol. The Bertz CT molecular complexity index is 502. The molecule has 3 nitrogen and oxygen atoms in total. The molecule has 20 heavy (non-hydrogen) atoms. The van der Waals surface area contributed by atoms with Crippen molar-refractivity contribution in [1.29, 1.82) is 0 Å². The minimum Gasteiger partial charge on any atom is -0.497 e. The van der Waals surface area contributed by atoms with E-state index >= 15 is 0 Å². The molecule has 1 aromatic rings. The number of nitrogens with zero attached hydrogens (tertiary/aromatic N) is 1. The average Bonchev–Trinajstić information content (AvgIpc) is 2.34. The van der Waals surface area contributed by atoms with E-state index in [1.165, 1.54) is 5.56 Å². The van der Waals surface area contributed by atoms with Gasteiger partial charge in [0, 0.05) is 18.7 Å². The van der Waals surface area contributed by atoms with Crippen molar-refractivity contribution >= 4 is 11.6 Å². The fourth-order valence-electron chi connectivity index (χ4n) is 2.75. The van der Waals surface area contributed by atoms with Crippen LogP contribution >= 0.6 is 0 Å². The quantitative estimate of drug-likeness (QED) is 0.824. The monoisotopic (exact) mass is 275 g/mol. The summed E-state index contributed by atoms with van der Waals surface area (Å²) in [4.78, 5) is 14.5. The number of anilines is 1. The number of benzene rings is 1. The summed E-state index contributed by atoms with van der Waals surface area (Å²) < 4.78 is 5.29. The normalized spacial score (nSPS) is 18.6. The lowest BCUT2D eigenvalue weighted by molar-refractivity contribution is -0.120. The van der Waals surface area contributed by atoms with E-state index in [2.05, 4.69) is 33.8 Å². The first-order valence-corrected chi connectivity index (χ1v) is 7.27. The lowest BCUT2D eigenvalue weighted by Crippen LogP contribution is -2.40. The van der Waals surface area contributed by atoms with Crippen LogP contribution in [0.4, 0.5) is 5.69 Å². The Labute approximate surface area is 121 Å². The molecule has 1 amide bonds. The highest BCUT2D eigenvalue weighted by molar-refractivity contribution is 5.95. The SMILES string of the molecule is COc1ccc2c(c1)CC(C)CN2C(=O)CC(C)(C)C. The zero-order valence-corrected chi connectivity index (χ0v) is 13.2. The highest BCUT2D eigenvalue weighted by Crippen LogP contribution is 2.34. The molecule has 0 radical (unpaired) electrons. The van der Waals surface area contributed by atoms with Crippen molar-refractivity contribution in [1.82, 2.24) is 0 Å². The summed E-state index contributed by atoms with van der Waals surface area (Å²) in [6.45, 7) is 9.32. The molecule has 0 bridgehead atoms. The van der Waals surface area contributed by atoms with Crippen molar-refractivity contribution in [3.63, 3.8) is 0 Å². The number of ether oxygens (including phenoxy) is 1. The smallest absolute Gasteiger partial charge is 0.227 e. The number of carbonyl (C=O) groups excluding carboxylic acids is 1. The molecule has 0 fully saturated rings. The summed E-state index contributed by atoms with van der Waals surface area (Å²) >= 11 is 0. The Morgan fingerprint density at radius 2 is 2.10 bits per heavy atom. The van der Waals surface area contributed by atoms with Crippen LogP contribution in [0.3, 0.4) is 0 Å². The molecular formula is C17H25NO2. The topological polar surface area (TPSA) is 29.5 Å². The van der Waals surface area contributed by atoms with Crippen LogP contribution in [0.2, 0.25) is 0 Å². The number of hydrogen-bond donors (Lipinski definition) is 0. The summed E-state index contributed by atoms with van der Waals surface area (Å²) in [5, 5.41) is 0. The summed E-state index contributed by atoms with van der Waals surface area (Å²) in [5.41, 5.74) is 2.29. The van der Waals surface area contributed by atoms with E-state index in [9.17, 15) is 4.79 Å². The first kappa shape index (κ1) is 14.9. The maximum Gasteiger partial charge on any atom is 0.227 e. The van der Waals surface area contributed by atoms with Gasteiger partial charge >= 0.3 is 0 Å². The molecule has 0 aliphatic carbocycles. The highest BCUT2D eigenvalue weighted by Gasteiger charge is 2.29. The second-order valence-electron chi connectivity index (χ2n) is 7.05. The number of carbonyl (C=O) groups is 1. The molecule has 110 valence electrons. The molecule has 0 spiro atoms. The number of hydrogen-bond acceptors (Lipinski definition) is 2. The lowest BCUT2D eigenvalue weighted by Gasteiger charge is -2.35. The van der Waals surface area contributed by atoms with Gasteiger partial charge < -0.3 is 9.64 Å². The van der Waals surface area contributed by atoms with Gasteiger partial charge in [0.15, 0.2) is 0 Å². The van der Waals surface area contributed by atoms with E-state index in [1.807, 2.05) is 17.0 Å². The summed E-state index contributed by atoms with van der Waals surface area (Å²) in [5.74, 6) is 1.56. The molecule has 1 aromatic carbocycles. The van der Waals surface area contributed by atoms with Crippen LogP contribution in [-0.4, -0.2) is 19.6 Å². The van der Waals surface area contributed by atoms with E-state index in [1.54, 1.807) is 7.11 Å². The first-order chi connectivity index (χ1) is 9.30. The second kappa shape index (κ2) is 5.47. The summed E-state index contributed by atoms with van der Waals surface area (Å²) in [6.07, 6.45) is 1.58. The second-order valence-corrected chi connectivity index (χ2v) is 7.05. The van der Waals surface area contributed by atoms with Gasteiger partial charge in [0.25, 0.3) is 0 Å². The van der Waals surface area contributed by atoms with Crippen LogP contribution in [0, 0.1) is 11.3 Å². The minimum absolute atomic E-state index is 0.0183. The zero-order valence-electron chi connectivity index (χ0n) is 13.2. The summed E-state index contributed by atoms with van der Waals surface area (Å²) in [6, 6.07) is 6.01. The molecule has 0 saturated heterocycles. The molecule has 0 aromatic heterocycles. The Morgan fingerprint density at radius 3 is 2.70 bits per heavy atom. The number of methoxy groups -OCH3 is 1. The molecule has 1 aliphatic heterocycles. The molecule has 0 saturated carbocycles. The third kappa shape index (κ3) is 3.33. The van der Waals surface area contributed by atoms with Crippen LogP contribution in [0.5, 0.6) is 5.75 Å². The molecule has 2 rings (SSSR count). The Hall–Kier alpha value is -1.51. The standard InChI is InChI=1S/C17H25NO2/c1-12-8-13-9-14(20-5)6-7-15(13)18(11-12)16(19)10-17(2,3)4/h6-7,9,12H,8,10-11H2,1-5H3. The van der Waals surface area contributed by atoms with Crippen LogP contribution < -0.4 is 9.64 Å². The van der Waals surface area contributed by atoms with Crippen molar-refractivity contribution in [2.45, 2.75) is 40.5 Å². The van der Waals surface area contributed by atoms with Gasteiger partial charge in [-0.1, -0.05) is 27.7 Å². The van der Waals surface area contributed by atoms with Crippen molar-refractivity contribution in [2.24, 2.45) is 11.3 Å². The maximum absolute atomic E-state index is 12.6. The molecule has 1 aliphatic rings. The Balaban J connectivity index is 2.30. The third-order valence-corrected chi connectivity index (χ3v) is 3.62. The van der Waals surface area contributed by atoms with Gasteiger partial charge in [-0.2, -0.15) is 0 Å². The third-order valence-electron chi connectivity index (χ3n) is 3.62. The Kier molecular flexibility index (Phi) is 4.07. The van der Waals surface area contributed by atoms with Gasteiger partial charge in [0.05, 0.1) is 7.11 Å². The number of rotatable bonds is 2. The zero-order chi connectivity index (χ0) is 14.9. The Morgan fingerprint density at radius 1 is 1.40 bits per heavy atom. The van der Waals surface area contributed by atoms with Crippen molar-refractivity contribution in [3.8, 4) is 5.75 Å². The van der Waals surface area contributed by atoms with E-state index in [0.29, 0.717) is 12.3 Å². The van der Waals surface area contributed by atoms with Gasteiger partial charge in [-0.3, -0.25) is 4.79 Å². The molecule has 1 atom stereocenters. The van der Waals surface area contributed by atoms with Gasteiger partial charge in [0.1, 0.15) is 5.75 Å². The van der Waals surface area contributed by atoms with E-state index in [-0.39, 0.29) is 11.3 Å². The van der Waals surface area contributed by atoms with Crippen molar-refractivity contribution in [2.75, 3.05) is 18.6 Å². The molecule has 1 heterocycles. The molecule has 3 heteroatoms. The van der Waals surface area contributed by atoms with Crippen molar-refractivity contribution in [3.05, 3.63) is 23.8 Å². The van der Waals surface area contributed by atoms with Crippen LogP contribution in [-0.2, 0) is 11.2 Å². The fourth-order valence-corrected chi connectivity index (χ4v) is 2.75. The van der Waals surface area contributed by atoms with Crippen LogP contribution in [0.1, 0.15) is 39.7 Å². The van der Waals surface area contributed by atoms with E-state index in [0.717, 1.165) is 24.4 Å². The van der Waals surface area contributed by atoms with Crippen molar-refractivity contribution < 1.29 is 9.53 Å². The fraction of sp³-hybridized carbons (Fsp3) is 0.588. The lowest BCUT2D eigenvalue weighted by atomic mass is 9.89. The largest absolute Gasteiger partial charge is 0.497 e. The van der Waals surface area contributed by atoms with E-state index in [4.69, 9.17) is 4.74 Å². The van der Waals surface area contributed by atoms with Crippen LogP contribution in [0.25, 0.3) is 0 Å². The van der Waals surface area contributed by atoms with Gasteiger partial charge in [0.2, 0.25) is 5.91 Å². The van der Waals surface area contributed by atoms with Gasteiger partial charge in [-0.15, -0.1) is 0 Å². The van der Waals surface area contributed by atoms with Gasteiger partial charge in [-0.05, 0) is 41.5 Å². The number of fused-ring (bicyclic) bond motifs is 1. The predicted octanol–water partition coefficient (Wildman–Crippen LogP) is 3.66. The molecule has 0 N–H and O–H groups in total. The minimum atomic E-state index is 0.0183. The van der Waals surface area contributed by atoms with Gasteiger partial charge in [-0.25, -0.2) is 0 Å². The van der Waals surface area contributed by atoms with E-state index < -0.39 is 0 Å². The highest BCUT2D eigenvalue weighted by atomic mass is 16.5. The summed E-state index contributed by atoms with van der Waals surface area (Å²) in [7, 11) is 1.68. The number of amides is 1. The predicted molar refractivity (Wildman–Crippen MR) is 82.3 cm³/mol. The average molecular weight is 275 g/mol. The first-order valence-electron chi connectivity index (χ1n) is 7.27. The maximum atomic E-state index is 12.6.